The number of carbonyl (C=O) groups excluding carboxylic acids is 2. The van der Waals surface area contributed by atoms with Crippen molar-refractivity contribution < 1.29 is 23.5 Å². The third kappa shape index (κ3) is 7.15. The summed E-state index contributed by atoms with van der Waals surface area (Å²) in [6.07, 6.45) is 4.13. The van der Waals surface area contributed by atoms with Crippen molar-refractivity contribution in [2.75, 3.05) is 30.4 Å². The molecule has 0 bridgehead atoms. The zero-order valence-electron chi connectivity index (χ0n) is 28.5. The molecule has 0 radical (unpaired) electrons. The Morgan fingerprint density at radius 3 is 2.75 bits per heavy atom. The van der Waals surface area contributed by atoms with E-state index in [1.54, 1.807) is 36.4 Å². The lowest BCUT2D eigenvalue weighted by Crippen LogP contribution is -2.33. The van der Waals surface area contributed by atoms with Crippen LogP contribution in [-0.2, 0) is 29.2 Å². The van der Waals surface area contributed by atoms with E-state index in [1.807, 2.05) is 30.3 Å². The van der Waals surface area contributed by atoms with Gasteiger partial charge < -0.3 is 24.8 Å². The highest BCUT2D eigenvalue weighted by Crippen LogP contribution is 2.31. The molecule has 2 aromatic heterocycles. The van der Waals surface area contributed by atoms with Crippen LogP contribution in [0.5, 0.6) is 5.88 Å². The van der Waals surface area contributed by atoms with Crippen molar-refractivity contribution >= 4 is 51.3 Å². The number of hydrazine groups is 1. The molecular weight excluding hydrogens is 685 g/mol. The standard InChI is InChI=1S/C39H37ClFN7O4/c1-23(49)38-30-17-25(6-9-33(30)45-46-38)39(50)42-28-8-10-35-34(19-28)43-36(48(35)20-29-13-16-51-29)21-47-14-11-24(12-15-47)32-3-2-4-37(44-32)52-22-26-5-7-27(40)18-31(26)41/h2-11,17-19,29,38,45-46H,12-16,20-22H2,1H3,(H,42,50)/t29-,38?/m0/s1. The second-order valence-corrected chi connectivity index (χ2v) is 13.7. The molecule has 5 aromatic rings. The van der Waals surface area contributed by atoms with Gasteiger partial charge in [0, 0.05) is 53.2 Å². The van der Waals surface area contributed by atoms with Gasteiger partial charge in [0.2, 0.25) is 5.88 Å². The maximum absolute atomic E-state index is 14.2. The Labute approximate surface area is 304 Å². The van der Waals surface area contributed by atoms with Gasteiger partial charge in [-0.1, -0.05) is 29.8 Å². The van der Waals surface area contributed by atoms with Gasteiger partial charge in [0.25, 0.3) is 5.91 Å². The van der Waals surface area contributed by atoms with Crippen molar-refractivity contribution in [3.63, 3.8) is 0 Å². The Morgan fingerprint density at radius 1 is 1.10 bits per heavy atom. The van der Waals surface area contributed by atoms with E-state index in [0.717, 1.165) is 71.9 Å². The summed E-state index contributed by atoms with van der Waals surface area (Å²) in [5.74, 6) is 0.653. The number of amides is 1. The third-order valence-electron chi connectivity index (χ3n) is 9.75. The van der Waals surface area contributed by atoms with Gasteiger partial charge in [0.1, 0.15) is 24.3 Å². The van der Waals surface area contributed by atoms with Crippen molar-refractivity contribution in [2.24, 2.45) is 0 Å². The highest BCUT2D eigenvalue weighted by atomic mass is 35.5. The molecule has 0 aliphatic carbocycles. The number of pyridine rings is 1. The van der Waals surface area contributed by atoms with Crippen LogP contribution in [0, 0.1) is 5.82 Å². The van der Waals surface area contributed by atoms with Crippen LogP contribution in [0.15, 0.2) is 78.9 Å². The van der Waals surface area contributed by atoms with Crippen LogP contribution in [0.1, 0.15) is 58.8 Å². The lowest BCUT2D eigenvalue weighted by Gasteiger charge is -2.29. The molecule has 3 N–H and O–H groups in total. The Morgan fingerprint density at radius 2 is 1.98 bits per heavy atom. The normalized spacial score (nSPS) is 18.3. The van der Waals surface area contributed by atoms with Gasteiger partial charge in [0.15, 0.2) is 5.78 Å². The summed E-state index contributed by atoms with van der Waals surface area (Å²) in [7, 11) is 0. The monoisotopic (exact) mass is 721 g/mol. The molecule has 266 valence electrons. The zero-order chi connectivity index (χ0) is 35.8. The molecule has 2 atom stereocenters. The third-order valence-corrected chi connectivity index (χ3v) is 9.98. The number of benzene rings is 3. The smallest absolute Gasteiger partial charge is 0.255 e. The minimum absolute atomic E-state index is 0.0346. The SMILES string of the molecule is CC(=O)C1NNc2ccc(C(=O)Nc3ccc4c(c3)nc(CN3CC=C(c5cccc(OCc6ccc(Cl)cc6F)n5)CC3)n4C[C@@H]3CCO3)cc21. The average Bonchev–Trinajstić information content (AvgIpc) is 3.70. The maximum Gasteiger partial charge on any atom is 0.255 e. The zero-order valence-corrected chi connectivity index (χ0v) is 29.3. The molecule has 52 heavy (non-hydrogen) atoms. The Hall–Kier alpha value is -5.14. The van der Waals surface area contributed by atoms with E-state index in [2.05, 4.69) is 31.7 Å². The molecule has 1 unspecified atom stereocenters. The molecule has 8 rings (SSSR count). The number of anilines is 2. The molecule has 1 amide bonds. The Kier molecular flexibility index (Phi) is 9.45. The van der Waals surface area contributed by atoms with Crippen LogP contribution in [-0.4, -0.2) is 56.9 Å². The quantitative estimate of drug-likeness (QED) is 0.137. The number of nitrogens with zero attached hydrogens (tertiary/aromatic N) is 4. The van der Waals surface area contributed by atoms with Gasteiger partial charge in [-0.3, -0.25) is 14.5 Å². The number of fused-ring (bicyclic) bond motifs is 2. The van der Waals surface area contributed by atoms with E-state index in [-0.39, 0.29) is 24.4 Å². The first-order valence-corrected chi connectivity index (χ1v) is 17.7. The number of rotatable bonds is 11. The largest absolute Gasteiger partial charge is 0.473 e. The van der Waals surface area contributed by atoms with Crippen molar-refractivity contribution in [1.82, 2.24) is 24.9 Å². The van der Waals surface area contributed by atoms with Crippen molar-refractivity contribution in [1.29, 1.82) is 0 Å². The fourth-order valence-corrected chi connectivity index (χ4v) is 6.93. The molecule has 11 nitrogen and oxygen atoms in total. The first-order chi connectivity index (χ1) is 25.3. The second kappa shape index (κ2) is 14.5. The summed E-state index contributed by atoms with van der Waals surface area (Å²) in [5, 5.41) is 3.35. The number of carbonyl (C=O) groups is 2. The summed E-state index contributed by atoms with van der Waals surface area (Å²) in [6.45, 7) is 5.23. The van der Waals surface area contributed by atoms with Crippen LogP contribution >= 0.6 is 11.6 Å². The number of nitrogens with one attached hydrogen (secondary N) is 3. The van der Waals surface area contributed by atoms with Gasteiger partial charge >= 0.3 is 0 Å². The van der Waals surface area contributed by atoms with Crippen molar-refractivity contribution in [3.8, 4) is 5.88 Å². The summed E-state index contributed by atoms with van der Waals surface area (Å²) in [4.78, 5) is 37.5. The molecule has 1 saturated heterocycles. The molecule has 5 heterocycles. The maximum atomic E-state index is 14.2. The minimum Gasteiger partial charge on any atom is -0.473 e. The second-order valence-electron chi connectivity index (χ2n) is 13.3. The molecule has 1 fully saturated rings. The number of halogens is 2. The van der Waals surface area contributed by atoms with Crippen LogP contribution in [0.2, 0.25) is 5.02 Å². The number of hydrogen-bond acceptors (Lipinski definition) is 9. The van der Waals surface area contributed by atoms with E-state index < -0.39 is 11.9 Å². The first kappa shape index (κ1) is 34.0. The Bertz CT molecular complexity index is 2220. The lowest BCUT2D eigenvalue weighted by molar-refractivity contribution is -0.118. The van der Waals surface area contributed by atoms with Crippen LogP contribution in [0.3, 0.4) is 0 Å². The molecule has 13 heteroatoms. The van der Waals surface area contributed by atoms with Gasteiger partial charge in [-0.25, -0.2) is 19.8 Å². The van der Waals surface area contributed by atoms with E-state index in [4.69, 9.17) is 31.0 Å². The number of imidazole rings is 1. The predicted octanol–water partition coefficient (Wildman–Crippen LogP) is 6.69. The molecule has 3 aliphatic heterocycles. The van der Waals surface area contributed by atoms with E-state index in [0.29, 0.717) is 40.8 Å². The fraction of sp³-hybridized carbons (Fsp3) is 0.282. The van der Waals surface area contributed by atoms with Crippen LogP contribution in [0.4, 0.5) is 15.8 Å². The first-order valence-electron chi connectivity index (χ1n) is 17.3. The van der Waals surface area contributed by atoms with Crippen LogP contribution in [0.25, 0.3) is 16.6 Å². The highest BCUT2D eigenvalue weighted by Gasteiger charge is 2.27. The topological polar surface area (TPSA) is 123 Å². The summed E-state index contributed by atoms with van der Waals surface area (Å²) < 4.78 is 28.1. The molecule has 3 aromatic carbocycles. The van der Waals surface area contributed by atoms with Gasteiger partial charge in [0.05, 0.1) is 41.6 Å². The number of Topliss-reactive ketones (excluding diaryl/α,β-unsaturated/α-hetero) is 1. The average molecular weight is 722 g/mol. The molecule has 0 saturated carbocycles. The van der Waals surface area contributed by atoms with Crippen molar-refractivity contribution in [3.05, 3.63) is 118 Å². The van der Waals surface area contributed by atoms with Gasteiger partial charge in [-0.05, 0) is 79.9 Å². The molecular formula is C39H37ClFN7O4. The van der Waals surface area contributed by atoms with Gasteiger partial charge in [-0.15, -0.1) is 0 Å². The summed E-state index contributed by atoms with van der Waals surface area (Å²) >= 11 is 5.88. The number of ether oxygens (including phenoxy) is 2. The fourth-order valence-electron chi connectivity index (χ4n) is 6.77. The number of ketones is 1. The van der Waals surface area contributed by atoms with E-state index in [9.17, 15) is 14.0 Å². The van der Waals surface area contributed by atoms with E-state index in [1.165, 1.54) is 13.0 Å². The molecule has 0 spiro atoms. The number of hydrogen-bond donors (Lipinski definition) is 3. The summed E-state index contributed by atoms with van der Waals surface area (Å²) in [6, 6.07) is 20.7. The number of aromatic nitrogens is 3. The highest BCUT2D eigenvalue weighted by molar-refractivity contribution is 6.30. The van der Waals surface area contributed by atoms with Crippen LogP contribution < -0.4 is 20.9 Å². The Balaban J connectivity index is 0.957. The predicted molar refractivity (Wildman–Crippen MR) is 197 cm³/mol. The van der Waals surface area contributed by atoms with E-state index >= 15 is 0 Å². The lowest BCUT2D eigenvalue weighted by atomic mass is 10.0. The van der Waals surface area contributed by atoms with Gasteiger partial charge in [-0.2, -0.15) is 0 Å². The minimum atomic E-state index is -0.495. The summed E-state index contributed by atoms with van der Waals surface area (Å²) in [5.41, 5.74) is 12.7. The molecule has 3 aliphatic rings. The van der Waals surface area contributed by atoms with Crippen molar-refractivity contribution in [2.45, 2.75) is 51.6 Å².